The zero-order chi connectivity index (χ0) is 49.7. The molecule has 0 atom stereocenters. The summed E-state index contributed by atoms with van der Waals surface area (Å²) in [6, 6.07) is 78.4. The number of nitrogens with zero attached hydrogens (tertiary/aromatic N) is 5. The van der Waals surface area contributed by atoms with E-state index in [4.69, 9.17) is 9.40 Å². The molecule has 0 fully saturated rings. The van der Waals surface area contributed by atoms with Gasteiger partial charge in [0.15, 0.2) is 5.58 Å². The second kappa shape index (κ2) is 18.7. The monoisotopic (exact) mass is 971 g/mol. The van der Waals surface area contributed by atoms with Crippen LogP contribution in [0, 0.1) is 20.8 Å². The van der Waals surface area contributed by atoms with Crippen molar-refractivity contribution >= 4 is 105 Å². The third-order valence-electron chi connectivity index (χ3n) is 14.0. The Kier molecular flexibility index (Phi) is 11.3. The van der Waals surface area contributed by atoms with Crippen LogP contribution in [0.3, 0.4) is 0 Å². The second-order valence-electron chi connectivity index (χ2n) is 19.0. The summed E-state index contributed by atoms with van der Waals surface area (Å²) in [4.78, 5) is 16.4. The molecule has 4 aromatic heterocycles. The van der Waals surface area contributed by atoms with E-state index in [9.17, 15) is 0 Å². The summed E-state index contributed by atoms with van der Waals surface area (Å²) in [5.74, 6) is 0. The maximum Gasteiger partial charge on any atom is 0.159 e. The van der Waals surface area contributed by atoms with Gasteiger partial charge in [-0.1, -0.05) is 126 Å². The van der Waals surface area contributed by atoms with E-state index in [0.717, 1.165) is 95.4 Å². The van der Waals surface area contributed by atoms with Gasteiger partial charge in [0.2, 0.25) is 0 Å². The predicted molar refractivity (Wildman–Crippen MR) is 311 cm³/mol. The van der Waals surface area contributed by atoms with Crippen molar-refractivity contribution in [2.75, 3.05) is 14.7 Å². The van der Waals surface area contributed by atoms with Gasteiger partial charge in [0, 0.05) is 100 Å². The number of rotatable bonds is 11. The minimum Gasteiger partial charge on any atom is -0.454 e. The molecule has 0 aliphatic rings. The van der Waals surface area contributed by atoms with Gasteiger partial charge in [0.05, 0.1) is 17.6 Å². The number of furan rings is 1. The lowest BCUT2D eigenvalue weighted by Crippen LogP contribution is -2.13. The van der Waals surface area contributed by atoms with Gasteiger partial charge in [-0.05, 0) is 141 Å². The molecule has 0 unspecified atom stereocenters. The number of para-hydroxylation sites is 2. The van der Waals surface area contributed by atoms with E-state index < -0.39 is 0 Å². The van der Waals surface area contributed by atoms with E-state index in [1.54, 1.807) is 0 Å². The first-order valence-electron chi connectivity index (χ1n) is 24.9. The molecule has 13 aromatic rings. The third-order valence-corrected chi connectivity index (χ3v) is 15.1. The zero-order valence-corrected chi connectivity index (χ0v) is 42.0. The van der Waals surface area contributed by atoms with Crippen LogP contribution in [-0.2, 0) is 0 Å². The summed E-state index contributed by atoms with van der Waals surface area (Å²) >= 11 is 1.82. The van der Waals surface area contributed by atoms with Crippen molar-refractivity contribution < 1.29 is 4.42 Å². The van der Waals surface area contributed by atoms with Crippen molar-refractivity contribution in [3.8, 4) is 22.3 Å². The van der Waals surface area contributed by atoms with Gasteiger partial charge in [-0.3, -0.25) is 9.97 Å². The minimum absolute atomic E-state index is 0.866. The SMILES string of the molecule is Cc1ccc(N(c2ccc(C)cc2)c2cccc(N(c3cccc(-c4cccnc4)c3)c3cncc(-c4ccc5c(c4)sc4cc(N(c6ccc(C)cc6)c6cccc7c6oc6ccccc67)ccc45)c3)c2)cc1. The highest BCUT2D eigenvalue weighted by Gasteiger charge is 2.22. The lowest BCUT2D eigenvalue weighted by atomic mass is 10.0. The Morgan fingerprint density at radius 1 is 0.338 bits per heavy atom. The van der Waals surface area contributed by atoms with Crippen LogP contribution in [0.15, 0.2) is 248 Å². The summed E-state index contributed by atoms with van der Waals surface area (Å²) < 4.78 is 9.04. The molecular weight excluding hydrogens is 923 g/mol. The molecule has 0 aliphatic carbocycles. The van der Waals surface area contributed by atoms with Crippen LogP contribution in [0.2, 0.25) is 0 Å². The summed E-state index contributed by atoms with van der Waals surface area (Å²) in [5, 5.41) is 4.66. The fourth-order valence-electron chi connectivity index (χ4n) is 10.2. The lowest BCUT2D eigenvalue weighted by molar-refractivity contribution is 0.669. The lowest BCUT2D eigenvalue weighted by Gasteiger charge is -2.29. The van der Waals surface area contributed by atoms with Gasteiger partial charge in [-0.15, -0.1) is 11.3 Å². The van der Waals surface area contributed by atoms with Crippen molar-refractivity contribution in [2.24, 2.45) is 0 Å². The molecule has 0 spiro atoms. The number of aromatic nitrogens is 2. The molecule has 6 nitrogen and oxygen atoms in total. The Balaban J connectivity index is 0.907. The van der Waals surface area contributed by atoms with Crippen molar-refractivity contribution in [1.82, 2.24) is 9.97 Å². The largest absolute Gasteiger partial charge is 0.454 e. The molecule has 0 saturated carbocycles. The maximum atomic E-state index is 6.62. The van der Waals surface area contributed by atoms with E-state index in [0.29, 0.717) is 0 Å². The molecule has 0 amide bonds. The van der Waals surface area contributed by atoms with Crippen molar-refractivity contribution in [3.05, 3.63) is 260 Å². The van der Waals surface area contributed by atoms with Crippen molar-refractivity contribution in [3.63, 3.8) is 0 Å². The average molecular weight is 972 g/mol. The highest BCUT2D eigenvalue weighted by atomic mass is 32.1. The molecule has 0 radical (unpaired) electrons. The molecule has 74 heavy (non-hydrogen) atoms. The molecule has 0 aliphatic heterocycles. The van der Waals surface area contributed by atoms with Gasteiger partial charge in [-0.2, -0.15) is 0 Å². The number of aryl methyl sites for hydroxylation is 3. The van der Waals surface area contributed by atoms with E-state index in [1.165, 1.54) is 36.9 Å². The number of hydrogen-bond acceptors (Lipinski definition) is 7. The number of fused-ring (bicyclic) bond motifs is 6. The van der Waals surface area contributed by atoms with Gasteiger partial charge in [0.25, 0.3) is 0 Å². The minimum atomic E-state index is 0.866. The predicted octanol–water partition coefficient (Wildman–Crippen LogP) is 19.4. The number of anilines is 9. The quantitative estimate of drug-likeness (QED) is 0.129. The Morgan fingerprint density at radius 2 is 0.865 bits per heavy atom. The van der Waals surface area contributed by atoms with Crippen LogP contribution in [0.5, 0.6) is 0 Å². The van der Waals surface area contributed by atoms with Crippen LogP contribution in [0.4, 0.5) is 51.2 Å². The summed E-state index contributed by atoms with van der Waals surface area (Å²) in [6.45, 7) is 6.38. The molecule has 9 aromatic carbocycles. The van der Waals surface area contributed by atoms with E-state index in [1.807, 2.05) is 54.3 Å². The Hall–Kier alpha value is -9.30. The molecule has 0 saturated heterocycles. The zero-order valence-electron chi connectivity index (χ0n) is 41.1. The van der Waals surface area contributed by atoms with Gasteiger partial charge < -0.3 is 19.1 Å². The fraction of sp³-hybridized carbons (Fsp3) is 0.0448. The molecular formula is C67H49N5OS. The number of pyridine rings is 2. The number of hydrogen-bond donors (Lipinski definition) is 0. The molecule has 0 N–H and O–H groups in total. The van der Waals surface area contributed by atoms with Gasteiger partial charge in [0.1, 0.15) is 5.58 Å². The van der Waals surface area contributed by atoms with Gasteiger partial charge >= 0.3 is 0 Å². The van der Waals surface area contributed by atoms with Crippen LogP contribution in [-0.4, -0.2) is 9.97 Å². The maximum absolute atomic E-state index is 6.62. The molecule has 354 valence electrons. The van der Waals surface area contributed by atoms with Crippen LogP contribution in [0.25, 0.3) is 64.4 Å². The normalized spacial score (nSPS) is 11.4. The highest BCUT2D eigenvalue weighted by Crippen LogP contribution is 2.46. The van der Waals surface area contributed by atoms with Gasteiger partial charge in [-0.25, -0.2) is 0 Å². The van der Waals surface area contributed by atoms with Crippen LogP contribution >= 0.6 is 11.3 Å². The molecule has 13 rings (SSSR count). The van der Waals surface area contributed by atoms with Crippen LogP contribution in [0.1, 0.15) is 16.7 Å². The Bertz CT molecular complexity index is 4140. The van der Waals surface area contributed by atoms with Crippen LogP contribution < -0.4 is 14.7 Å². The van der Waals surface area contributed by atoms with Crippen molar-refractivity contribution in [2.45, 2.75) is 20.8 Å². The highest BCUT2D eigenvalue weighted by molar-refractivity contribution is 7.25. The topological polar surface area (TPSA) is 48.6 Å². The summed E-state index contributed by atoms with van der Waals surface area (Å²) in [7, 11) is 0. The van der Waals surface area contributed by atoms with E-state index in [2.05, 4.69) is 241 Å². The molecule has 7 heteroatoms. The second-order valence-corrected chi connectivity index (χ2v) is 20.1. The summed E-state index contributed by atoms with van der Waals surface area (Å²) in [6.07, 6.45) is 7.68. The Labute approximate surface area is 434 Å². The van der Waals surface area contributed by atoms with E-state index in [-0.39, 0.29) is 0 Å². The number of benzene rings is 9. The first kappa shape index (κ1) is 44.6. The number of thiophene rings is 1. The molecule has 4 heterocycles. The van der Waals surface area contributed by atoms with Crippen molar-refractivity contribution in [1.29, 1.82) is 0 Å². The summed E-state index contributed by atoms with van der Waals surface area (Å²) in [5.41, 5.74) is 18.9. The third kappa shape index (κ3) is 8.29. The molecule has 0 bridgehead atoms. The smallest absolute Gasteiger partial charge is 0.159 e. The first-order chi connectivity index (χ1) is 36.4. The standard InChI is InChI=1S/C67H49N5OS/c1-44-19-26-51(27-20-44)70(52-28-21-45(2)22-29-52)55-13-7-14-56(39-55)71(54-12-6-10-47(36-54)49-11-9-35-68-41-49)58-37-50(42-69-43-58)48-25-33-60-61-34-32-57(40-66(61)74-65(60)38-48)72(53-30-23-46(3)24-31-53)63-17-8-16-62-59-15-4-5-18-64(59)73-67(62)63/h4-43H,1-3H3. The van der Waals surface area contributed by atoms with E-state index >= 15 is 0 Å². The Morgan fingerprint density at radius 3 is 1.57 bits per heavy atom. The fourth-order valence-corrected chi connectivity index (χ4v) is 11.4. The average Bonchev–Trinajstić information content (AvgIpc) is 4.02. The first-order valence-corrected chi connectivity index (χ1v) is 25.7.